The van der Waals surface area contributed by atoms with Crippen molar-refractivity contribution in [1.82, 2.24) is 0 Å². The molecule has 0 aromatic carbocycles. The van der Waals surface area contributed by atoms with Gasteiger partial charge in [-0.15, -0.1) is 12.8 Å². The molecule has 2 rings (SSSR count). The number of rotatable bonds is 0. The Bertz CT molecular complexity index is 161. The van der Waals surface area contributed by atoms with Crippen LogP contribution in [0, 0.1) is 19.6 Å². The molecule has 0 unspecified atom stereocenters. The fourth-order valence-corrected chi connectivity index (χ4v) is 0.680. The summed E-state index contributed by atoms with van der Waals surface area (Å²) in [5.41, 5.74) is 0. The van der Waals surface area contributed by atoms with Crippen LogP contribution < -0.4 is 0 Å². The Hall–Kier alpha value is -0.210. The average Bonchev–Trinajstić information content (AvgIpc) is 2.85. The minimum Gasteiger partial charge on any atom is -0.397 e. The molecule has 84 valence electrons. The molecule has 0 atom stereocenters. The van der Waals surface area contributed by atoms with Crippen molar-refractivity contribution in [1.29, 1.82) is 0 Å². The van der Waals surface area contributed by atoms with E-state index in [-0.39, 0.29) is 39.9 Å². The van der Waals surface area contributed by atoms with Crippen molar-refractivity contribution in [2.45, 2.75) is 19.8 Å². The van der Waals surface area contributed by atoms with Crippen molar-refractivity contribution >= 4 is 0 Å². The maximum absolute atomic E-state index is 7.57. The van der Waals surface area contributed by atoms with Crippen LogP contribution in [0.15, 0.2) is 36.5 Å². The Labute approximate surface area is 113 Å². The molecule has 1 nitrogen and oxygen atoms in total. The number of aliphatic hydroxyl groups excluding tert-OH is 1. The third kappa shape index (κ3) is 20.0. The van der Waals surface area contributed by atoms with E-state index in [4.69, 9.17) is 5.11 Å². The Morgan fingerprint density at radius 1 is 1.07 bits per heavy atom. The van der Waals surface area contributed by atoms with Gasteiger partial charge in [-0.2, -0.15) is 12.2 Å². The van der Waals surface area contributed by atoms with E-state index in [1.807, 2.05) is 24.3 Å². The summed E-state index contributed by atoms with van der Waals surface area (Å²) in [6, 6.07) is 0. The van der Waals surface area contributed by atoms with Crippen LogP contribution >= 0.6 is 0 Å². The molecule has 0 saturated carbocycles. The molecule has 0 bridgehead atoms. The van der Waals surface area contributed by atoms with E-state index < -0.39 is 0 Å². The first-order valence-electron chi connectivity index (χ1n) is 4.46. The van der Waals surface area contributed by atoms with E-state index in [0.717, 1.165) is 12.8 Å². The standard InChI is InChI=1S/2C5H5.C2H6O.CH3.Hf/c2*1-2-4-5-3-1;1-2-3;;/h2*1-3H,4H2;3H,2H2,1H3;1H3;/q2*-1;;-1;. The molecule has 1 N–H and O–H groups in total. The van der Waals surface area contributed by atoms with Crippen molar-refractivity contribution in [3.8, 4) is 0 Å². The van der Waals surface area contributed by atoms with Gasteiger partial charge in [-0.25, -0.2) is 24.3 Å². The largest absolute Gasteiger partial charge is 0.397 e. The minimum atomic E-state index is 0. The van der Waals surface area contributed by atoms with Crippen LogP contribution in [0.3, 0.4) is 0 Å². The molecule has 2 aliphatic carbocycles. The van der Waals surface area contributed by atoms with Gasteiger partial charge in [0.25, 0.3) is 0 Å². The number of aliphatic hydroxyl groups is 1. The van der Waals surface area contributed by atoms with E-state index in [0.29, 0.717) is 0 Å². The van der Waals surface area contributed by atoms with Gasteiger partial charge in [-0.3, -0.25) is 12.2 Å². The van der Waals surface area contributed by atoms with Gasteiger partial charge in [0.15, 0.2) is 0 Å². The first-order chi connectivity index (χ1) is 6.41. The number of hydrogen-bond acceptors (Lipinski definition) is 1. The molecule has 0 radical (unpaired) electrons. The smallest absolute Gasteiger partial charge is 0.0402 e. The van der Waals surface area contributed by atoms with Crippen molar-refractivity contribution in [2.75, 3.05) is 6.61 Å². The predicted octanol–water partition coefficient (Wildman–Crippen LogP) is 3.06. The van der Waals surface area contributed by atoms with Crippen molar-refractivity contribution in [3.05, 3.63) is 56.0 Å². The summed E-state index contributed by atoms with van der Waals surface area (Å²) in [6.45, 7) is 1.93. The zero-order valence-electron chi connectivity index (χ0n) is 9.53. The summed E-state index contributed by atoms with van der Waals surface area (Å²) < 4.78 is 0. The predicted molar refractivity (Wildman–Crippen MR) is 62.3 cm³/mol. The third-order valence-corrected chi connectivity index (χ3v) is 1.17. The van der Waals surface area contributed by atoms with Crippen LogP contribution in [0.2, 0.25) is 0 Å². The molecule has 0 aliphatic heterocycles. The van der Waals surface area contributed by atoms with E-state index in [1.165, 1.54) is 0 Å². The van der Waals surface area contributed by atoms with Crippen molar-refractivity contribution < 1.29 is 30.9 Å². The number of allylic oxidation sites excluding steroid dienone is 8. The van der Waals surface area contributed by atoms with E-state index in [2.05, 4.69) is 24.3 Å². The molecule has 0 saturated heterocycles. The fraction of sp³-hybridized carbons (Fsp3) is 0.308. The molecule has 0 aromatic heterocycles. The summed E-state index contributed by atoms with van der Waals surface area (Å²) in [4.78, 5) is 0. The molecule has 2 heteroatoms. The van der Waals surface area contributed by atoms with Gasteiger partial charge in [0.05, 0.1) is 0 Å². The van der Waals surface area contributed by atoms with Gasteiger partial charge >= 0.3 is 0 Å². The Morgan fingerprint density at radius 2 is 1.40 bits per heavy atom. The van der Waals surface area contributed by atoms with Crippen molar-refractivity contribution in [3.63, 3.8) is 0 Å². The summed E-state index contributed by atoms with van der Waals surface area (Å²) >= 11 is 0. The Balaban J connectivity index is -0.000000140. The second-order valence-electron chi connectivity index (χ2n) is 2.32. The monoisotopic (exact) mass is 371 g/mol. The van der Waals surface area contributed by atoms with Crippen molar-refractivity contribution in [2.24, 2.45) is 0 Å². The third-order valence-electron chi connectivity index (χ3n) is 1.17. The van der Waals surface area contributed by atoms with E-state index in [1.54, 1.807) is 6.92 Å². The quantitative estimate of drug-likeness (QED) is 0.514. The molecule has 0 amide bonds. The summed E-state index contributed by atoms with van der Waals surface area (Å²) in [6.07, 6.45) is 20.0. The van der Waals surface area contributed by atoms with Gasteiger partial charge in [-0.05, 0) is 6.92 Å². The van der Waals surface area contributed by atoms with Crippen LogP contribution in [-0.2, 0) is 25.8 Å². The second-order valence-corrected chi connectivity index (χ2v) is 2.32. The van der Waals surface area contributed by atoms with Gasteiger partial charge in [0.2, 0.25) is 0 Å². The molecule has 0 fully saturated rings. The molecule has 2 aliphatic rings. The van der Waals surface area contributed by atoms with Gasteiger partial charge in [-0.1, -0.05) is 0 Å². The van der Waals surface area contributed by atoms with Gasteiger partial charge in [0, 0.05) is 32.5 Å². The van der Waals surface area contributed by atoms with E-state index >= 15 is 0 Å². The SMILES string of the molecule is CCO.[C-]1=CC=CC1.[C-]1=CC=CC1.[CH3-].[Hf]. The summed E-state index contributed by atoms with van der Waals surface area (Å²) in [5.74, 6) is 0. The topological polar surface area (TPSA) is 20.2 Å². The Kier molecular flexibility index (Phi) is 26.1. The molecular formula is C13H19HfO-3. The zero-order valence-corrected chi connectivity index (χ0v) is 13.1. The normalized spacial score (nSPS) is 12.9. The average molecular weight is 370 g/mol. The second kappa shape index (κ2) is 19.4. The maximum Gasteiger partial charge on any atom is 0.0402 e. The van der Waals surface area contributed by atoms with Crippen LogP contribution in [-0.4, -0.2) is 11.7 Å². The molecule has 0 heterocycles. The summed E-state index contributed by atoms with van der Waals surface area (Å²) in [7, 11) is 0. The first-order valence-corrected chi connectivity index (χ1v) is 4.46. The maximum atomic E-state index is 7.57. The molecular weight excluding hydrogens is 351 g/mol. The zero-order chi connectivity index (χ0) is 9.78. The fourth-order valence-electron chi connectivity index (χ4n) is 0.680. The van der Waals surface area contributed by atoms with E-state index in [9.17, 15) is 0 Å². The van der Waals surface area contributed by atoms with Crippen LogP contribution in [0.1, 0.15) is 19.8 Å². The van der Waals surface area contributed by atoms with Crippen LogP contribution in [0.4, 0.5) is 0 Å². The van der Waals surface area contributed by atoms with Gasteiger partial charge < -0.3 is 12.5 Å². The Morgan fingerprint density at radius 3 is 1.47 bits per heavy atom. The number of hydrogen-bond donors (Lipinski definition) is 1. The molecule has 0 spiro atoms. The minimum absolute atomic E-state index is 0. The first kappa shape index (κ1) is 20.2. The molecule has 0 aromatic rings. The van der Waals surface area contributed by atoms with Crippen LogP contribution in [0.25, 0.3) is 0 Å². The van der Waals surface area contributed by atoms with Crippen LogP contribution in [0.5, 0.6) is 0 Å². The molecule has 15 heavy (non-hydrogen) atoms. The van der Waals surface area contributed by atoms with Gasteiger partial charge in [0.1, 0.15) is 0 Å². The summed E-state index contributed by atoms with van der Waals surface area (Å²) in [5, 5.41) is 7.57.